The first-order valence-electron chi connectivity index (χ1n) is 14.6. The molecule has 45 heavy (non-hydrogen) atoms. The third-order valence-electron chi connectivity index (χ3n) is 7.36. The molecule has 8 nitrogen and oxygen atoms in total. The lowest BCUT2D eigenvalue weighted by molar-refractivity contribution is 0.282. The van der Waals surface area contributed by atoms with Crippen molar-refractivity contribution in [3.8, 4) is 34.7 Å². The first-order valence-corrected chi connectivity index (χ1v) is 15.4. The first-order chi connectivity index (χ1) is 21.7. The van der Waals surface area contributed by atoms with Gasteiger partial charge in [-0.05, 0) is 94.9 Å². The van der Waals surface area contributed by atoms with Gasteiger partial charge in [-0.25, -0.2) is 4.98 Å². The van der Waals surface area contributed by atoms with Gasteiger partial charge in [0, 0.05) is 11.1 Å². The van der Waals surface area contributed by atoms with Gasteiger partial charge in [0.25, 0.3) is 5.56 Å². The number of fused-ring (bicyclic) bond motifs is 1. The van der Waals surface area contributed by atoms with Crippen LogP contribution in [0.25, 0.3) is 22.3 Å². The predicted molar refractivity (Wildman–Crippen MR) is 181 cm³/mol. The number of benzene rings is 4. The molecule has 0 aliphatic carbocycles. The van der Waals surface area contributed by atoms with Crippen molar-refractivity contribution in [1.29, 1.82) is 5.26 Å². The van der Waals surface area contributed by atoms with E-state index < -0.39 is 0 Å². The standard InChI is InChI=1S/C36H33BrN4O4/c1-6-44-32-15-23(4)29(18-28(32)22(2)3)35-40-31-14-10-9-13-27(31)36(42)41(35)39-20-24-16-30(37)34(33(17-24)43-5)45-21-26-12-8-7-11-25(26)19-38/h7-18,20,22H,6,21H2,1-5H3. The van der Waals surface area contributed by atoms with E-state index in [0.29, 0.717) is 50.4 Å². The fourth-order valence-electron chi connectivity index (χ4n) is 5.06. The third kappa shape index (κ3) is 6.61. The second-order valence-electron chi connectivity index (χ2n) is 10.7. The Kier molecular flexibility index (Phi) is 9.65. The number of rotatable bonds is 10. The quantitative estimate of drug-likeness (QED) is 0.140. The summed E-state index contributed by atoms with van der Waals surface area (Å²) in [6.07, 6.45) is 1.59. The summed E-state index contributed by atoms with van der Waals surface area (Å²) < 4.78 is 19.6. The molecule has 0 saturated heterocycles. The lowest BCUT2D eigenvalue weighted by atomic mass is 9.96. The molecule has 0 saturated carbocycles. The summed E-state index contributed by atoms with van der Waals surface area (Å²) in [5.74, 6) is 2.39. The number of para-hydroxylation sites is 1. The summed E-state index contributed by atoms with van der Waals surface area (Å²) in [5.41, 5.74) is 5.02. The van der Waals surface area contributed by atoms with Crippen molar-refractivity contribution in [3.63, 3.8) is 0 Å². The SMILES string of the molecule is CCOc1cc(C)c(-c2nc3ccccc3c(=O)n2N=Cc2cc(Br)c(OCc3ccccc3C#N)c(OC)c2)cc1C(C)C. The second kappa shape index (κ2) is 13.8. The van der Waals surface area contributed by atoms with E-state index in [4.69, 9.17) is 19.2 Å². The van der Waals surface area contributed by atoms with E-state index in [1.54, 1.807) is 31.5 Å². The zero-order valence-electron chi connectivity index (χ0n) is 25.8. The van der Waals surface area contributed by atoms with Crippen LogP contribution in [0.3, 0.4) is 0 Å². The summed E-state index contributed by atoms with van der Waals surface area (Å²) in [5, 5.41) is 14.6. The van der Waals surface area contributed by atoms with E-state index in [2.05, 4.69) is 40.9 Å². The van der Waals surface area contributed by atoms with Crippen LogP contribution in [0.4, 0.5) is 0 Å². The van der Waals surface area contributed by atoms with Crippen LogP contribution in [0, 0.1) is 18.3 Å². The molecule has 9 heteroatoms. The van der Waals surface area contributed by atoms with Crippen molar-refractivity contribution in [2.45, 2.75) is 40.2 Å². The lowest BCUT2D eigenvalue weighted by Crippen LogP contribution is -2.21. The molecule has 0 spiro atoms. The van der Waals surface area contributed by atoms with E-state index >= 15 is 0 Å². The molecule has 0 aliphatic rings. The van der Waals surface area contributed by atoms with Gasteiger partial charge in [-0.1, -0.05) is 44.2 Å². The third-order valence-corrected chi connectivity index (χ3v) is 7.95. The number of hydrogen-bond donors (Lipinski definition) is 0. The fraction of sp³-hybridized carbons (Fsp3) is 0.222. The predicted octanol–water partition coefficient (Wildman–Crippen LogP) is 8.00. The number of ether oxygens (including phenoxy) is 3. The van der Waals surface area contributed by atoms with E-state index in [1.807, 2.05) is 68.4 Å². The average Bonchev–Trinajstić information content (AvgIpc) is 3.03. The van der Waals surface area contributed by atoms with Gasteiger partial charge in [0.1, 0.15) is 12.4 Å². The molecule has 0 aliphatic heterocycles. The minimum atomic E-state index is -0.284. The Hall–Kier alpha value is -4.94. The number of methoxy groups -OCH3 is 1. The second-order valence-corrected chi connectivity index (χ2v) is 11.6. The largest absolute Gasteiger partial charge is 0.494 e. The minimum Gasteiger partial charge on any atom is -0.494 e. The number of aromatic nitrogens is 2. The minimum absolute atomic E-state index is 0.188. The maximum atomic E-state index is 13.9. The highest BCUT2D eigenvalue weighted by molar-refractivity contribution is 9.10. The van der Waals surface area contributed by atoms with Crippen LogP contribution in [-0.4, -0.2) is 29.6 Å². The number of aryl methyl sites for hydroxylation is 1. The summed E-state index contributed by atoms with van der Waals surface area (Å²) in [6, 6.07) is 24.4. The van der Waals surface area contributed by atoms with Crippen LogP contribution in [0.2, 0.25) is 0 Å². The van der Waals surface area contributed by atoms with E-state index in [9.17, 15) is 10.1 Å². The molecule has 0 N–H and O–H groups in total. The Morgan fingerprint density at radius 3 is 2.53 bits per heavy atom. The Morgan fingerprint density at radius 2 is 1.80 bits per heavy atom. The van der Waals surface area contributed by atoms with Crippen LogP contribution >= 0.6 is 15.9 Å². The molecule has 0 bridgehead atoms. The monoisotopic (exact) mass is 664 g/mol. The number of hydrogen-bond acceptors (Lipinski definition) is 7. The molecule has 0 atom stereocenters. The van der Waals surface area contributed by atoms with Gasteiger partial charge in [-0.15, -0.1) is 0 Å². The van der Waals surface area contributed by atoms with Crippen LogP contribution in [-0.2, 0) is 6.61 Å². The van der Waals surface area contributed by atoms with Crippen molar-refractivity contribution in [2.24, 2.45) is 5.10 Å². The Bertz CT molecular complexity index is 2010. The Labute approximate surface area is 270 Å². The summed E-state index contributed by atoms with van der Waals surface area (Å²) in [7, 11) is 1.55. The van der Waals surface area contributed by atoms with Gasteiger partial charge < -0.3 is 14.2 Å². The van der Waals surface area contributed by atoms with E-state index in [1.165, 1.54) is 4.68 Å². The molecule has 0 radical (unpaired) electrons. The molecule has 5 aromatic rings. The maximum absolute atomic E-state index is 13.9. The van der Waals surface area contributed by atoms with Gasteiger partial charge in [0.15, 0.2) is 17.3 Å². The molecular formula is C36H33BrN4O4. The average molecular weight is 666 g/mol. The van der Waals surface area contributed by atoms with Gasteiger partial charge >= 0.3 is 0 Å². The van der Waals surface area contributed by atoms with Crippen molar-refractivity contribution in [3.05, 3.63) is 115 Å². The van der Waals surface area contributed by atoms with Crippen molar-refractivity contribution >= 4 is 33.0 Å². The molecule has 0 fully saturated rings. The highest BCUT2D eigenvalue weighted by Gasteiger charge is 2.19. The molecule has 0 amide bonds. The highest BCUT2D eigenvalue weighted by atomic mass is 79.9. The molecule has 1 heterocycles. The molecular weight excluding hydrogens is 632 g/mol. The molecule has 0 unspecified atom stereocenters. The summed E-state index contributed by atoms with van der Waals surface area (Å²) in [6.45, 7) is 8.90. The highest BCUT2D eigenvalue weighted by Crippen LogP contribution is 2.37. The zero-order valence-corrected chi connectivity index (χ0v) is 27.4. The van der Waals surface area contributed by atoms with Gasteiger partial charge in [-0.3, -0.25) is 4.79 Å². The van der Waals surface area contributed by atoms with Gasteiger partial charge in [0.05, 0.1) is 46.9 Å². The Balaban J connectivity index is 1.59. The van der Waals surface area contributed by atoms with Crippen molar-refractivity contribution in [2.75, 3.05) is 13.7 Å². The van der Waals surface area contributed by atoms with Crippen LogP contribution in [0.1, 0.15) is 54.5 Å². The van der Waals surface area contributed by atoms with E-state index in [0.717, 1.165) is 28.0 Å². The first kappa shape index (κ1) is 31.5. The lowest BCUT2D eigenvalue weighted by Gasteiger charge is -2.18. The molecule has 4 aromatic carbocycles. The Morgan fingerprint density at radius 1 is 1.04 bits per heavy atom. The smallest absolute Gasteiger partial charge is 0.282 e. The van der Waals surface area contributed by atoms with Gasteiger partial charge in [-0.2, -0.15) is 15.0 Å². The van der Waals surface area contributed by atoms with Gasteiger partial charge in [0.2, 0.25) is 0 Å². The van der Waals surface area contributed by atoms with Crippen molar-refractivity contribution < 1.29 is 14.2 Å². The summed E-state index contributed by atoms with van der Waals surface area (Å²) >= 11 is 3.60. The van der Waals surface area contributed by atoms with Crippen LogP contribution in [0.5, 0.6) is 17.2 Å². The fourth-order valence-corrected chi connectivity index (χ4v) is 5.63. The topological polar surface area (TPSA) is 98.7 Å². The van der Waals surface area contributed by atoms with Crippen molar-refractivity contribution in [1.82, 2.24) is 9.66 Å². The maximum Gasteiger partial charge on any atom is 0.282 e. The zero-order chi connectivity index (χ0) is 32.1. The molecule has 228 valence electrons. The normalized spacial score (nSPS) is 11.2. The number of nitriles is 1. The molecule has 5 rings (SSSR count). The number of halogens is 1. The van der Waals surface area contributed by atoms with Crippen LogP contribution < -0.4 is 19.8 Å². The van der Waals surface area contributed by atoms with E-state index in [-0.39, 0.29) is 18.1 Å². The van der Waals surface area contributed by atoms with Crippen LogP contribution in [0.15, 0.2) is 87.2 Å². The number of nitrogens with zero attached hydrogens (tertiary/aromatic N) is 4. The molecule has 1 aromatic heterocycles. The summed E-state index contributed by atoms with van der Waals surface area (Å²) in [4.78, 5) is 18.8.